The second kappa shape index (κ2) is 6.63. The van der Waals surface area contributed by atoms with E-state index in [9.17, 15) is 14.4 Å². The molecule has 144 valence electrons. The largest absolute Gasteiger partial charge is 0.462 e. The summed E-state index contributed by atoms with van der Waals surface area (Å²) in [5, 5.41) is 0. The van der Waals surface area contributed by atoms with Gasteiger partial charge in [-0.25, -0.2) is 0 Å². The zero-order valence-corrected chi connectivity index (χ0v) is 17.3. The maximum atomic E-state index is 12.8. The van der Waals surface area contributed by atoms with Crippen LogP contribution < -0.4 is 0 Å². The summed E-state index contributed by atoms with van der Waals surface area (Å²) in [6.45, 7) is 3.68. The third kappa shape index (κ3) is 2.85. The first-order valence-corrected chi connectivity index (χ1v) is 11.0. The van der Waals surface area contributed by atoms with Crippen molar-refractivity contribution in [1.29, 1.82) is 0 Å². The molecule has 6 unspecified atom stereocenters. The number of carbonyl (C=O) groups excluding carboxylic acids is 3. The first-order valence-electron chi connectivity index (χ1n) is 9.51. The molecule has 0 aromatic rings. The van der Waals surface area contributed by atoms with Gasteiger partial charge in [-0.1, -0.05) is 22.6 Å². The number of esters is 3. The average molecular weight is 476 g/mol. The highest BCUT2D eigenvalue weighted by Gasteiger charge is 2.70. The Balaban J connectivity index is 1.52. The minimum Gasteiger partial charge on any atom is -0.462 e. The first kappa shape index (κ1) is 18.5. The number of halogens is 1. The van der Waals surface area contributed by atoms with Crippen LogP contribution in [0, 0.1) is 29.1 Å². The van der Waals surface area contributed by atoms with Gasteiger partial charge >= 0.3 is 17.9 Å². The lowest BCUT2D eigenvalue weighted by Gasteiger charge is -2.32. The molecular formula is C19H25IO6. The van der Waals surface area contributed by atoms with Crippen LogP contribution in [0.15, 0.2) is 0 Å². The van der Waals surface area contributed by atoms with E-state index in [1.54, 1.807) is 0 Å². The smallest absolute Gasteiger partial charge is 0.312 e. The number of ether oxygens (including phenoxy) is 3. The highest BCUT2D eigenvalue weighted by atomic mass is 127. The van der Waals surface area contributed by atoms with Crippen LogP contribution in [0.25, 0.3) is 0 Å². The Morgan fingerprint density at radius 1 is 1.19 bits per heavy atom. The fourth-order valence-electron chi connectivity index (χ4n) is 5.06. The summed E-state index contributed by atoms with van der Waals surface area (Å²) in [6.07, 6.45) is 3.67. The van der Waals surface area contributed by atoms with E-state index in [1.165, 1.54) is 0 Å². The quantitative estimate of drug-likeness (QED) is 0.263. The summed E-state index contributed by atoms with van der Waals surface area (Å²) in [7, 11) is 0. The van der Waals surface area contributed by atoms with E-state index in [-0.39, 0.29) is 35.8 Å². The highest BCUT2D eigenvalue weighted by Crippen LogP contribution is 2.59. The molecule has 0 N–H and O–H groups in total. The van der Waals surface area contributed by atoms with Crippen molar-refractivity contribution in [3.8, 4) is 0 Å². The molecule has 2 bridgehead atoms. The van der Waals surface area contributed by atoms with Gasteiger partial charge in [-0.15, -0.1) is 0 Å². The second-order valence-electron chi connectivity index (χ2n) is 8.75. The Morgan fingerprint density at radius 2 is 1.88 bits per heavy atom. The summed E-state index contributed by atoms with van der Waals surface area (Å²) in [5.74, 6) is -2.10. The van der Waals surface area contributed by atoms with E-state index < -0.39 is 29.5 Å². The Kier molecular flexibility index (Phi) is 4.72. The van der Waals surface area contributed by atoms with Crippen LogP contribution in [0.5, 0.6) is 0 Å². The fourth-order valence-corrected chi connectivity index (χ4v) is 5.37. The molecule has 0 amide bonds. The average Bonchev–Trinajstić information content (AvgIpc) is 3.33. The molecule has 0 aromatic heterocycles. The summed E-state index contributed by atoms with van der Waals surface area (Å²) >= 11 is 2.16. The van der Waals surface area contributed by atoms with Crippen LogP contribution in [0.1, 0.15) is 46.0 Å². The van der Waals surface area contributed by atoms with E-state index in [2.05, 4.69) is 22.6 Å². The number of hydrogen-bond acceptors (Lipinski definition) is 6. The third-order valence-corrected chi connectivity index (χ3v) is 8.44. The molecule has 3 saturated carbocycles. The Labute approximate surface area is 166 Å². The topological polar surface area (TPSA) is 78.9 Å². The van der Waals surface area contributed by atoms with Crippen molar-refractivity contribution in [2.24, 2.45) is 29.1 Å². The van der Waals surface area contributed by atoms with Crippen molar-refractivity contribution in [1.82, 2.24) is 0 Å². The molecule has 1 saturated heterocycles. The maximum Gasteiger partial charge on any atom is 0.312 e. The van der Waals surface area contributed by atoms with Gasteiger partial charge in [0, 0.05) is 16.3 Å². The highest BCUT2D eigenvalue weighted by molar-refractivity contribution is 14.1. The van der Waals surface area contributed by atoms with Crippen LogP contribution in [-0.2, 0) is 28.6 Å². The fraction of sp³-hybridized carbons (Fsp3) is 0.842. The molecule has 7 heteroatoms. The summed E-state index contributed by atoms with van der Waals surface area (Å²) < 4.78 is 17.7. The molecule has 1 heterocycles. The van der Waals surface area contributed by atoms with E-state index in [4.69, 9.17) is 14.2 Å². The molecule has 6 nitrogen and oxygen atoms in total. The summed E-state index contributed by atoms with van der Waals surface area (Å²) in [6, 6.07) is 0. The monoisotopic (exact) mass is 476 g/mol. The van der Waals surface area contributed by atoms with Crippen molar-refractivity contribution in [2.45, 2.75) is 64.3 Å². The van der Waals surface area contributed by atoms with E-state index >= 15 is 0 Å². The predicted molar refractivity (Wildman–Crippen MR) is 99.4 cm³/mol. The molecule has 1 aliphatic heterocycles. The predicted octanol–water partition coefficient (Wildman–Crippen LogP) is 2.65. The maximum absolute atomic E-state index is 12.8. The van der Waals surface area contributed by atoms with Crippen LogP contribution in [0.4, 0.5) is 0 Å². The van der Waals surface area contributed by atoms with Gasteiger partial charge in [0.2, 0.25) is 0 Å². The van der Waals surface area contributed by atoms with Crippen LogP contribution in [0.2, 0.25) is 0 Å². The van der Waals surface area contributed by atoms with Crippen LogP contribution in [-0.4, -0.2) is 40.6 Å². The van der Waals surface area contributed by atoms with Gasteiger partial charge in [-0.3, -0.25) is 14.4 Å². The van der Waals surface area contributed by atoms with Gasteiger partial charge in [0.25, 0.3) is 0 Å². The molecule has 4 rings (SSSR count). The second-order valence-corrected chi connectivity index (χ2v) is 9.51. The van der Waals surface area contributed by atoms with Gasteiger partial charge in [0.15, 0.2) is 0 Å². The van der Waals surface area contributed by atoms with Crippen molar-refractivity contribution in [2.75, 3.05) is 4.43 Å². The number of alkyl halides is 1. The first-order chi connectivity index (χ1) is 12.3. The molecule has 3 aliphatic carbocycles. The van der Waals surface area contributed by atoms with Crippen molar-refractivity contribution in [3.05, 3.63) is 0 Å². The molecule has 0 spiro atoms. The SMILES string of the molecule is CC(C)(CI)C(=O)OC1C2CC3C1OC(=O)C3C2C(=O)OC1CCCC1. The number of fused-ring (bicyclic) bond motifs is 1. The summed E-state index contributed by atoms with van der Waals surface area (Å²) in [5.41, 5.74) is -0.607. The van der Waals surface area contributed by atoms with Gasteiger partial charge in [-0.2, -0.15) is 0 Å². The Morgan fingerprint density at radius 3 is 2.54 bits per heavy atom. The van der Waals surface area contributed by atoms with E-state index in [1.807, 2.05) is 13.8 Å². The molecule has 4 fully saturated rings. The molecule has 0 aromatic carbocycles. The molecule has 6 atom stereocenters. The van der Waals surface area contributed by atoms with Crippen molar-refractivity contribution < 1.29 is 28.6 Å². The Bertz CT molecular complexity index is 626. The van der Waals surface area contributed by atoms with E-state index in [0.29, 0.717) is 10.8 Å². The van der Waals surface area contributed by atoms with Crippen molar-refractivity contribution in [3.63, 3.8) is 0 Å². The van der Waals surface area contributed by atoms with Gasteiger partial charge in [0.1, 0.15) is 18.3 Å². The standard InChI is InChI=1S/C19H25IO6/c1-19(2,8-20)18(23)26-15-11-7-10-13(17(22)25-14(10)15)12(11)16(21)24-9-5-3-4-6-9/h9-15H,3-8H2,1-2H3. The zero-order chi connectivity index (χ0) is 18.6. The van der Waals surface area contributed by atoms with Gasteiger partial charge in [0.05, 0.1) is 17.3 Å². The van der Waals surface area contributed by atoms with E-state index in [0.717, 1.165) is 25.7 Å². The molecular weight excluding hydrogens is 451 g/mol. The lowest BCUT2D eigenvalue weighted by Crippen LogP contribution is -2.46. The lowest BCUT2D eigenvalue weighted by molar-refractivity contribution is -0.173. The number of rotatable bonds is 5. The number of hydrogen-bond donors (Lipinski definition) is 0. The normalized spacial score (nSPS) is 38.5. The molecule has 26 heavy (non-hydrogen) atoms. The van der Waals surface area contributed by atoms with Gasteiger partial charge < -0.3 is 14.2 Å². The molecule has 0 radical (unpaired) electrons. The van der Waals surface area contributed by atoms with Crippen molar-refractivity contribution >= 4 is 40.5 Å². The molecule has 4 aliphatic rings. The Hall–Kier alpha value is -0.860. The lowest BCUT2D eigenvalue weighted by atomic mass is 9.78. The minimum atomic E-state index is -0.607. The summed E-state index contributed by atoms with van der Waals surface area (Å²) in [4.78, 5) is 37.8. The van der Waals surface area contributed by atoms with Gasteiger partial charge in [-0.05, 0) is 46.0 Å². The minimum absolute atomic E-state index is 0.0332. The van der Waals surface area contributed by atoms with Crippen LogP contribution in [0.3, 0.4) is 0 Å². The third-order valence-electron chi connectivity index (χ3n) is 6.53. The zero-order valence-electron chi connectivity index (χ0n) is 15.1. The number of carbonyl (C=O) groups is 3. The van der Waals surface area contributed by atoms with Crippen LogP contribution >= 0.6 is 22.6 Å².